The summed E-state index contributed by atoms with van der Waals surface area (Å²) in [5.74, 6) is 11.9. The number of ketones is 2. The predicted octanol–water partition coefficient (Wildman–Crippen LogP) is -2.48. The van der Waals surface area contributed by atoms with E-state index in [9.17, 15) is 9.59 Å². The molecule has 0 bridgehead atoms. The van der Waals surface area contributed by atoms with Crippen molar-refractivity contribution in [3.05, 3.63) is 0 Å². The highest BCUT2D eigenvalue weighted by Crippen LogP contribution is 2.08. The molecule has 2 heterocycles. The largest absolute Gasteiger partial charge is 0.353 e. The van der Waals surface area contributed by atoms with Crippen LogP contribution in [-0.4, -0.2) is 49.7 Å². The molecule has 0 aromatic rings. The summed E-state index contributed by atoms with van der Waals surface area (Å²) in [7, 11) is 0. The Labute approximate surface area is 129 Å². The highest BCUT2D eigenvalue weighted by molar-refractivity contribution is 5.92. The van der Waals surface area contributed by atoms with Crippen molar-refractivity contribution in [2.45, 2.75) is 25.7 Å². The first-order chi connectivity index (χ1) is 10.7. The first kappa shape index (κ1) is 17.9. The third-order valence-corrected chi connectivity index (χ3v) is 2.99. The monoisotopic (exact) mass is 312 g/mol. The number of hydrazine groups is 2. The molecule has 0 atom stereocenters. The number of Topliss-reactive ketones (excluding diaryl/α,β-unsaturated/α-hetero) is 2. The van der Waals surface area contributed by atoms with E-state index in [1.165, 1.54) is 0 Å². The van der Waals surface area contributed by atoms with Crippen molar-refractivity contribution in [3.63, 3.8) is 0 Å². The summed E-state index contributed by atoms with van der Waals surface area (Å²) in [5.41, 5.74) is 4.81. The van der Waals surface area contributed by atoms with Gasteiger partial charge in [0.25, 0.3) is 0 Å². The SMILES string of the molecule is NNC1=NCCN1.NNC1=NCCN1.O=C1CCC(=O)CC1. The number of nitrogens with two attached hydrogens (primary N) is 2. The van der Waals surface area contributed by atoms with Gasteiger partial charge in [0.05, 0.1) is 13.1 Å². The van der Waals surface area contributed by atoms with Gasteiger partial charge in [0.15, 0.2) is 0 Å². The minimum Gasteiger partial charge on any atom is -0.353 e. The average Bonchev–Trinajstić information content (AvgIpc) is 3.24. The van der Waals surface area contributed by atoms with Crippen LogP contribution in [0.1, 0.15) is 25.7 Å². The molecule has 22 heavy (non-hydrogen) atoms. The standard InChI is InChI=1S/C6H8O2.2C3H8N4/c7-5-1-2-6(8)4-3-5;2*4-7-3-5-1-2-6-3/h1-4H2;2*1-2,4H2,(H2,5,6,7). The van der Waals surface area contributed by atoms with Gasteiger partial charge < -0.3 is 10.6 Å². The lowest BCUT2D eigenvalue weighted by molar-refractivity contribution is -0.128. The zero-order valence-electron chi connectivity index (χ0n) is 12.5. The van der Waals surface area contributed by atoms with Crippen LogP contribution >= 0.6 is 0 Å². The molecule has 0 saturated heterocycles. The van der Waals surface area contributed by atoms with Crippen LogP contribution in [0.5, 0.6) is 0 Å². The molecule has 1 aliphatic carbocycles. The van der Waals surface area contributed by atoms with E-state index in [4.69, 9.17) is 11.7 Å². The zero-order chi connectivity index (χ0) is 16.2. The summed E-state index contributed by atoms with van der Waals surface area (Å²) in [6.45, 7) is 3.47. The normalized spacial score (nSPS) is 19.4. The minimum atomic E-state index is 0.240. The molecule has 3 aliphatic rings. The molecule has 10 heteroatoms. The number of hydrogen-bond acceptors (Lipinski definition) is 10. The van der Waals surface area contributed by atoms with E-state index in [0.717, 1.165) is 26.2 Å². The van der Waals surface area contributed by atoms with E-state index >= 15 is 0 Å². The van der Waals surface area contributed by atoms with Crippen molar-refractivity contribution in [2.75, 3.05) is 26.2 Å². The Morgan fingerprint density at radius 3 is 1.32 bits per heavy atom. The minimum absolute atomic E-state index is 0.240. The predicted molar refractivity (Wildman–Crippen MR) is 83.7 cm³/mol. The molecule has 0 radical (unpaired) electrons. The molecule has 0 spiro atoms. The molecule has 8 N–H and O–H groups in total. The molecule has 0 amide bonds. The summed E-state index contributed by atoms with van der Waals surface area (Å²) in [5, 5.41) is 5.84. The highest BCUT2D eigenvalue weighted by Gasteiger charge is 2.13. The van der Waals surface area contributed by atoms with Crippen LogP contribution in [-0.2, 0) is 9.59 Å². The second-order valence-electron chi connectivity index (χ2n) is 4.68. The summed E-state index contributed by atoms with van der Waals surface area (Å²) in [4.78, 5) is 28.8. The molecule has 10 nitrogen and oxygen atoms in total. The Hall–Kier alpha value is -2.20. The second kappa shape index (κ2) is 10.5. The van der Waals surface area contributed by atoms with E-state index in [1.807, 2.05) is 0 Å². The van der Waals surface area contributed by atoms with Crippen LogP contribution in [0.4, 0.5) is 0 Å². The molecule has 1 fully saturated rings. The lowest BCUT2D eigenvalue weighted by atomic mass is 9.98. The Bertz CT molecular complexity index is 383. The number of aliphatic imine (C=N–C) groups is 2. The average molecular weight is 312 g/mol. The number of hydrogen-bond donors (Lipinski definition) is 6. The Balaban J connectivity index is 0.000000166. The van der Waals surface area contributed by atoms with Crippen LogP contribution in [0.3, 0.4) is 0 Å². The number of rotatable bonds is 0. The van der Waals surface area contributed by atoms with Gasteiger partial charge in [0.1, 0.15) is 11.6 Å². The molecule has 124 valence electrons. The van der Waals surface area contributed by atoms with Gasteiger partial charge in [-0.2, -0.15) is 0 Å². The smallest absolute Gasteiger partial charge is 0.205 e. The zero-order valence-corrected chi connectivity index (χ0v) is 12.5. The highest BCUT2D eigenvalue weighted by atomic mass is 16.1. The van der Waals surface area contributed by atoms with Crippen LogP contribution < -0.4 is 33.2 Å². The third kappa shape index (κ3) is 7.55. The van der Waals surface area contributed by atoms with E-state index in [1.54, 1.807) is 0 Å². The Morgan fingerprint density at radius 1 is 0.773 bits per heavy atom. The lowest BCUT2D eigenvalue weighted by Crippen LogP contribution is -2.38. The number of nitrogens with one attached hydrogen (secondary N) is 4. The van der Waals surface area contributed by atoms with Gasteiger partial charge >= 0.3 is 0 Å². The first-order valence-corrected chi connectivity index (χ1v) is 7.19. The van der Waals surface area contributed by atoms with Crippen molar-refractivity contribution in [2.24, 2.45) is 21.7 Å². The fourth-order valence-electron chi connectivity index (χ4n) is 1.80. The lowest BCUT2D eigenvalue weighted by Gasteiger charge is -2.04. The van der Waals surface area contributed by atoms with Gasteiger partial charge in [-0.3, -0.25) is 30.4 Å². The second-order valence-corrected chi connectivity index (χ2v) is 4.68. The summed E-state index contributed by atoms with van der Waals surface area (Å²) < 4.78 is 0. The fraction of sp³-hybridized carbons (Fsp3) is 0.667. The van der Waals surface area contributed by atoms with E-state index < -0.39 is 0 Å². The van der Waals surface area contributed by atoms with Gasteiger partial charge in [-0.1, -0.05) is 0 Å². The molecule has 2 aliphatic heterocycles. The third-order valence-electron chi connectivity index (χ3n) is 2.99. The summed E-state index contributed by atoms with van der Waals surface area (Å²) >= 11 is 0. The van der Waals surface area contributed by atoms with Crippen LogP contribution in [0, 0.1) is 0 Å². The van der Waals surface area contributed by atoms with E-state index in [2.05, 4.69) is 31.5 Å². The van der Waals surface area contributed by atoms with E-state index in [0.29, 0.717) is 37.6 Å². The van der Waals surface area contributed by atoms with Crippen molar-refractivity contribution in [3.8, 4) is 0 Å². The number of guanidine groups is 2. The first-order valence-electron chi connectivity index (χ1n) is 7.19. The number of carbonyl (C=O) groups is 2. The van der Waals surface area contributed by atoms with Crippen molar-refractivity contribution in [1.29, 1.82) is 0 Å². The van der Waals surface area contributed by atoms with E-state index in [-0.39, 0.29) is 11.6 Å². The Kier molecular flexibility index (Phi) is 8.53. The molecular formula is C12H24N8O2. The molecule has 0 aromatic heterocycles. The van der Waals surface area contributed by atoms with Gasteiger partial charge in [0, 0.05) is 38.8 Å². The maximum absolute atomic E-state index is 10.5. The van der Waals surface area contributed by atoms with Gasteiger partial charge in [-0.05, 0) is 0 Å². The van der Waals surface area contributed by atoms with Crippen molar-refractivity contribution in [1.82, 2.24) is 21.5 Å². The van der Waals surface area contributed by atoms with Crippen LogP contribution in [0.25, 0.3) is 0 Å². The fourth-order valence-corrected chi connectivity index (χ4v) is 1.80. The summed E-state index contributed by atoms with van der Waals surface area (Å²) in [6.07, 6.45) is 1.94. The topological polar surface area (TPSA) is 159 Å². The quantitative estimate of drug-likeness (QED) is 0.212. The molecule has 0 aromatic carbocycles. The van der Waals surface area contributed by atoms with Crippen molar-refractivity contribution < 1.29 is 9.59 Å². The molecular weight excluding hydrogens is 288 g/mol. The van der Waals surface area contributed by atoms with Crippen molar-refractivity contribution >= 4 is 23.5 Å². The van der Waals surface area contributed by atoms with Crippen LogP contribution in [0.15, 0.2) is 9.98 Å². The number of nitrogens with zero attached hydrogens (tertiary/aromatic N) is 2. The number of carbonyl (C=O) groups excluding carboxylic acids is 2. The molecule has 1 saturated carbocycles. The molecule has 0 unspecified atom stereocenters. The maximum atomic E-state index is 10.5. The molecule has 3 rings (SSSR count). The maximum Gasteiger partial charge on any atom is 0.205 e. The van der Waals surface area contributed by atoms with Crippen LogP contribution in [0.2, 0.25) is 0 Å². The van der Waals surface area contributed by atoms with Gasteiger partial charge in [-0.15, -0.1) is 0 Å². The van der Waals surface area contributed by atoms with Gasteiger partial charge in [-0.25, -0.2) is 11.7 Å². The van der Waals surface area contributed by atoms with Gasteiger partial charge in [0.2, 0.25) is 11.9 Å². The summed E-state index contributed by atoms with van der Waals surface area (Å²) in [6, 6.07) is 0. The Morgan fingerprint density at radius 2 is 1.14 bits per heavy atom.